The Morgan fingerprint density at radius 1 is 1.14 bits per heavy atom. The second-order valence-electron chi connectivity index (χ2n) is 5.22. The van der Waals surface area contributed by atoms with Crippen molar-refractivity contribution in [3.63, 3.8) is 0 Å². The second kappa shape index (κ2) is 6.24. The Labute approximate surface area is 138 Å². The van der Waals surface area contributed by atoms with Crippen molar-refractivity contribution in [3.8, 4) is 0 Å². The van der Waals surface area contributed by atoms with E-state index >= 15 is 0 Å². The van der Waals surface area contributed by atoms with Gasteiger partial charge in [0, 0.05) is 15.9 Å². The third kappa shape index (κ3) is 3.33. The van der Waals surface area contributed by atoms with Gasteiger partial charge >= 0.3 is 0 Å². The highest BCUT2D eigenvalue weighted by molar-refractivity contribution is 9.10. The molecule has 1 N–H and O–H groups in total. The number of rotatable bonds is 2. The molecular formula is C17H17BrN2S. The van der Waals surface area contributed by atoms with Crippen LogP contribution in [-0.4, -0.2) is 10.9 Å². The van der Waals surface area contributed by atoms with E-state index in [2.05, 4.69) is 71.5 Å². The molecule has 0 saturated heterocycles. The van der Waals surface area contributed by atoms with E-state index in [1.807, 2.05) is 6.07 Å². The highest BCUT2D eigenvalue weighted by Gasteiger charge is 2.20. The summed E-state index contributed by atoms with van der Waals surface area (Å²) in [5.74, 6) is 1.00. The summed E-state index contributed by atoms with van der Waals surface area (Å²) in [6.07, 6.45) is 0. The predicted molar refractivity (Wildman–Crippen MR) is 96.3 cm³/mol. The molecule has 1 aliphatic rings. The van der Waals surface area contributed by atoms with Crippen LogP contribution in [0.1, 0.15) is 22.7 Å². The zero-order valence-electron chi connectivity index (χ0n) is 12.1. The van der Waals surface area contributed by atoms with Gasteiger partial charge in [-0.2, -0.15) is 0 Å². The quantitative estimate of drug-likeness (QED) is 0.783. The molecule has 2 aromatic carbocycles. The minimum absolute atomic E-state index is 0.261. The van der Waals surface area contributed by atoms with Gasteiger partial charge in [-0.3, -0.25) is 4.99 Å². The fraction of sp³-hybridized carbons (Fsp3) is 0.235. The lowest BCUT2D eigenvalue weighted by Crippen LogP contribution is -2.05. The summed E-state index contributed by atoms with van der Waals surface area (Å²) >= 11 is 5.39. The topological polar surface area (TPSA) is 24.4 Å². The maximum absolute atomic E-state index is 4.79. The average Bonchev–Trinajstić information content (AvgIpc) is 2.94. The Hall–Kier alpha value is -1.26. The molecule has 0 saturated carbocycles. The SMILES string of the molecule is Cc1cc(NC2=NC(c3ccccc3)CS2)cc(C)c1Br. The van der Waals surface area contributed by atoms with Crippen LogP contribution in [0, 0.1) is 13.8 Å². The normalized spacial score (nSPS) is 17.7. The predicted octanol–water partition coefficient (Wildman–Crippen LogP) is 5.32. The molecule has 1 aliphatic heterocycles. The molecule has 108 valence electrons. The van der Waals surface area contributed by atoms with Crippen molar-refractivity contribution in [2.75, 3.05) is 11.1 Å². The number of thioether (sulfide) groups is 1. The first kappa shape index (κ1) is 14.7. The molecule has 2 nitrogen and oxygen atoms in total. The van der Waals surface area contributed by atoms with Gasteiger partial charge in [-0.25, -0.2) is 0 Å². The first-order valence-corrected chi connectivity index (χ1v) is 8.70. The smallest absolute Gasteiger partial charge is 0.161 e. The maximum Gasteiger partial charge on any atom is 0.161 e. The van der Waals surface area contributed by atoms with Crippen molar-refractivity contribution in [2.24, 2.45) is 4.99 Å². The van der Waals surface area contributed by atoms with E-state index in [0.717, 1.165) is 16.6 Å². The lowest BCUT2D eigenvalue weighted by molar-refractivity contribution is 0.849. The molecule has 1 atom stereocenters. The Morgan fingerprint density at radius 2 is 1.81 bits per heavy atom. The number of anilines is 1. The van der Waals surface area contributed by atoms with Crippen LogP contribution in [-0.2, 0) is 0 Å². The first-order chi connectivity index (χ1) is 10.1. The van der Waals surface area contributed by atoms with Gasteiger partial charge in [0.15, 0.2) is 5.17 Å². The number of halogens is 1. The molecule has 0 fully saturated rings. The third-order valence-electron chi connectivity index (χ3n) is 3.52. The van der Waals surface area contributed by atoms with Gasteiger partial charge in [-0.15, -0.1) is 0 Å². The minimum atomic E-state index is 0.261. The summed E-state index contributed by atoms with van der Waals surface area (Å²) < 4.78 is 1.18. The molecule has 21 heavy (non-hydrogen) atoms. The molecule has 2 aromatic rings. The van der Waals surface area contributed by atoms with Crippen LogP contribution in [0.4, 0.5) is 5.69 Å². The minimum Gasteiger partial charge on any atom is -0.335 e. The number of aryl methyl sites for hydroxylation is 2. The lowest BCUT2D eigenvalue weighted by Gasteiger charge is -2.09. The van der Waals surface area contributed by atoms with Gasteiger partial charge in [0.2, 0.25) is 0 Å². The van der Waals surface area contributed by atoms with E-state index in [1.165, 1.54) is 21.2 Å². The molecule has 3 rings (SSSR count). The third-order valence-corrected chi connectivity index (χ3v) is 5.74. The van der Waals surface area contributed by atoms with Crippen molar-refractivity contribution in [1.82, 2.24) is 0 Å². The Balaban J connectivity index is 1.77. The lowest BCUT2D eigenvalue weighted by atomic mass is 10.1. The molecule has 1 heterocycles. The van der Waals surface area contributed by atoms with Crippen molar-refractivity contribution in [1.29, 1.82) is 0 Å². The molecule has 4 heteroatoms. The highest BCUT2D eigenvalue weighted by Crippen LogP contribution is 2.32. The van der Waals surface area contributed by atoms with Crippen LogP contribution < -0.4 is 5.32 Å². The van der Waals surface area contributed by atoms with Crippen LogP contribution in [0.5, 0.6) is 0 Å². The number of nitrogens with one attached hydrogen (secondary N) is 1. The number of benzene rings is 2. The van der Waals surface area contributed by atoms with E-state index in [4.69, 9.17) is 4.99 Å². The molecule has 0 spiro atoms. The van der Waals surface area contributed by atoms with E-state index in [1.54, 1.807) is 11.8 Å². The van der Waals surface area contributed by atoms with Crippen molar-refractivity contribution in [2.45, 2.75) is 19.9 Å². The molecule has 0 bridgehead atoms. The zero-order chi connectivity index (χ0) is 14.8. The van der Waals surface area contributed by atoms with Gasteiger partial charge in [0.25, 0.3) is 0 Å². The summed E-state index contributed by atoms with van der Waals surface area (Å²) in [4.78, 5) is 4.79. The number of amidine groups is 1. The largest absolute Gasteiger partial charge is 0.335 e. The monoisotopic (exact) mass is 360 g/mol. The summed E-state index contributed by atoms with van der Waals surface area (Å²) in [5, 5.41) is 4.45. The summed E-state index contributed by atoms with van der Waals surface area (Å²) in [6.45, 7) is 4.22. The van der Waals surface area contributed by atoms with Crippen LogP contribution in [0.3, 0.4) is 0 Å². The standard InChI is InChI=1S/C17H17BrN2S/c1-11-8-14(9-12(2)16(11)18)19-17-20-15(10-21-17)13-6-4-3-5-7-13/h3-9,15H,10H2,1-2H3,(H,19,20). The van der Waals surface area contributed by atoms with Crippen LogP contribution in [0.15, 0.2) is 51.9 Å². The Morgan fingerprint density at radius 3 is 2.48 bits per heavy atom. The average molecular weight is 361 g/mol. The molecule has 1 unspecified atom stereocenters. The van der Waals surface area contributed by atoms with Gasteiger partial charge in [0.1, 0.15) is 0 Å². The molecule has 0 aromatic heterocycles. The van der Waals surface area contributed by atoms with E-state index in [0.29, 0.717) is 0 Å². The van der Waals surface area contributed by atoms with Crippen LogP contribution >= 0.6 is 27.7 Å². The highest BCUT2D eigenvalue weighted by atomic mass is 79.9. The van der Waals surface area contributed by atoms with Crippen molar-refractivity contribution >= 4 is 38.5 Å². The van der Waals surface area contributed by atoms with E-state index in [-0.39, 0.29) is 6.04 Å². The van der Waals surface area contributed by atoms with Crippen LogP contribution in [0.2, 0.25) is 0 Å². The second-order valence-corrected chi connectivity index (χ2v) is 7.02. The maximum atomic E-state index is 4.79. The van der Waals surface area contributed by atoms with Gasteiger partial charge in [-0.05, 0) is 42.7 Å². The summed E-state index contributed by atoms with van der Waals surface area (Å²) in [7, 11) is 0. The fourth-order valence-electron chi connectivity index (χ4n) is 2.43. The first-order valence-electron chi connectivity index (χ1n) is 6.93. The van der Waals surface area contributed by atoms with Gasteiger partial charge < -0.3 is 5.32 Å². The Kier molecular flexibility index (Phi) is 4.36. The fourth-order valence-corrected chi connectivity index (χ4v) is 3.63. The van der Waals surface area contributed by atoms with Gasteiger partial charge in [-0.1, -0.05) is 58.0 Å². The summed E-state index contributed by atoms with van der Waals surface area (Å²) in [6, 6.07) is 15.0. The van der Waals surface area contributed by atoms with Crippen molar-refractivity contribution < 1.29 is 0 Å². The number of hydrogen-bond acceptors (Lipinski definition) is 3. The molecule has 0 radical (unpaired) electrons. The number of aliphatic imine (C=N–C) groups is 1. The van der Waals surface area contributed by atoms with E-state index < -0.39 is 0 Å². The van der Waals surface area contributed by atoms with Gasteiger partial charge in [0.05, 0.1) is 6.04 Å². The Bertz CT molecular complexity index is 659. The molecular weight excluding hydrogens is 344 g/mol. The van der Waals surface area contributed by atoms with E-state index in [9.17, 15) is 0 Å². The zero-order valence-corrected chi connectivity index (χ0v) is 14.5. The number of nitrogens with zero attached hydrogens (tertiary/aromatic N) is 1. The molecule has 0 aliphatic carbocycles. The summed E-state index contributed by atoms with van der Waals surface area (Å²) in [5.41, 5.74) is 4.86. The van der Waals surface area contributed by atoms with Crippen molar-refractivity contribution in [3.05, 3.63) is 63.6 Å². The van der Waals surface area contributed by atoms with Crippen LogP contribution in [0.25, 0.3) is 0 Å². The molecule has 0 amide bonds. The number of hydrogen-bond donors (Lipinski definition) is 1.